The minimum absolute atomic E-state index is 0.0623. The standard InChI is InChI=1S/C21H21F5N6O2/c1-4-32(11(3)13-6-5-12(7-10(13)2)20(22,23)21(24,25)26)19(34)18(33)30-15-9-28-17(27)14-8-29-31-16(14)15/h5-9,11H,4H2,1-3H3,(H2,27,28)(H,29,31)(H,30,33)/t11-/m1/s1. The van der Waals surface area contributed by atoms with E-state index in [-0.39, 0.29) is 23.6 Å². The van der Waals surface area contributed by atoms with Gasteiger partial charge in [0.1, 0.15) is 5.82 Å². The summed E-state index contributed by atoms with van der Waals surface area (Å²) in [5.74, 6) is -6.80. The molecule has 0 spiro atoms. The van der Waals surface area contributed by atoms with Crippen molar-refractivity contribution in [3.05, 3.63) is 47.3 Å². The number of amides is 2. The number of pyridine rings is 1. The lowest BCUT2D eigenvalue weighted by molar-refractivity contribution is -0.289. The fourth-order valence-electron chi connectivity index (χ4n) is 3.62. The number of hydrogen-bond donors (Lipinski definition) is 3. The number of halogens is 5. The topological polar surface area (TPSA) is 117 Å². The number of H-pyrrole nitrogens is 1. The normalized spacial score (nSPS) is 13.1. The van der Waals surface area contributed by atoms with Gasteiger partial charge in [-0.05, 0) is 38.0 Å². The summed E-state index contributed by atoms with van der Waals surface area (Å²) in [6.07, 6.45) is -3.08. The summed E-state index contributed by atoms with van der Waals surface area (Å²) in [4.78, 5) is 30.6. The number of fused-ring (bicyclic) bond motifs is 1. The molecule has 13 heteroatoms. The van der Waals surface area contributed by atoms with Crippen molar-refractivity contribution in [2.24, 2.45) is 0 Å². The van der Waals surface area contributed by atoms with Gasteiger partial charge in [-0.2, -0.15) is 27.1 Å². The Hall–Kier alpha value is -3.77. The van der Waals surface area contributed by atoms with Gasteiger partial charge in [-0.15, -0.1) is 0 Å². The lowest BCUT2D eigenvalue weighted by atomic mass is 9.96. The highest BCUT2D eigenvalue weighted by molar-refractivity contribution is 6.40. The van der Waals surface area contributed by atoms with Crippen molar-refractivity contribution < 1.29 is 31.5 Å². The van der Waals surface area contributed by atoms with Crippen LogP contribution in [0.1, 0.15) is 36.6 Å². The molecule has 4 N–H and O–H groups in total. The van der Waals surface area contributed by atoms with E-state index in [4.69, 9.17) is 5.73 Å². The maximum Gasteiger partial charge on any atom is 0.458 e. The fraction of sp³-hybridized carbons (Fsp3) is 0.333. The molecule has 0 aliphatic rings. The molecule has 0 aliphatic carbocycles. The van der Waals surface area contributed by atoms with Gasteiger partial charge in [0.2, 0.25) is 0 Å². The van der Waals surface area contributed by atoms with E-state index < -0.39 is 35.5 Å². The van der Waals surface area contributed by atoms with Crippen LogP contribution in [0, 0.1) is 6.92 Å². The van der Waals surface area contributed by atoms with Crippen LogP contribution < -0.4 is 11.1 Å². The third kappa shape index (κ3) is 4.37. The van der Waals surface area contributed by atoms with E-state index in [1.807, 2.05) is 0 Å². The van der Waals surface area contributed by atoms with Crippen LogP contribution in [0.4, 0.5) is 33.5 Å². The predicted octanol–water partition coefficient (Wildman–Crippen LogP) is 4.05. The number of carbonyl (C=O) groups excluding carboxylic acids is 2. The van der Waals surface area contributed by atoms with Crippen LogP contribution in [0.15, 0.2) is 30.6 Å². The number of nitrogen functional groups attached to an aromatic ring is 1. The van der Waals surface area contributed by atoms with Gasteiger partial charge in [0, 0.05) is 12.1 Å². The van der Waals surface area contributed by atoms with Crippen molar-refractivity contribution in [3.8, 4) is 0 Å². The molecule has 0 saturated heterocycles. The summed E-state index contributed by atoms with van der Waals surface area (Å²) in [5, 5.41) is 9.36. The highest BCUT2D eigenvalue weighted by Gasteiger charge is 2.58. The van der Waals surface area contributed by atoms with Gasteiger partial charge in [0.15, 0.2) is 0 Å². The van der Waals surface area contributed by atoms with Gasteiger partial charge in [-0.25, -0.2) is 4.98 Å². The van der Waals surface area contributed by atoms with Gasteiger partial charge in [-0.1, -0.05) is 12.1 Å². The molecule has 3 aromatic rings. The molecule has 1 aromatic carbocycles. The number of carbonyl (C=O) groups is 2. The first-order valence-corrected chi connectivity index (χ1v) is 10.0. The third-order valence-corrected chi connectivity index (χ3v) is 5.47. The van der Waals surface area contributed by atoms with Gasteiger partial charge in [-0.3, -0.25) is 14.7 Å². The lowest BCUT2D eigenvalue weighted by Crippen LogP contribution is -2.41. The number of alkyl halides is 5. The molecule has 0 fully saturated rings. The Kier molecular flexibility index (Phi) is 6.49. The third-order valence-electron chi connectivity index (χ3n) is 5.47. The van der Waals surface area contributed by atoms with Crippen molar-refractivity contribution in [1.29, 1.82) is 0 Å². The van der Waals surface area contributed by atoms with E-state index in [0.29, 0.717) is 22.5 Å². The summed E-state index contributed by atoms with van der Waals surface area (Å²) in [7, 11) is 0. The minimum atomic E-state index is -5.74. The molecule has 1 atom stereocenters. The molecule has 8 nitrogen and oxygen atoms in total. The van der Waals surface area contributed by atoms with Crippen molar-refractivity contribution in [1.82, 2.24) is 20.1 Å². The van der Waals surface area contributed by atoms with E-state index >= 15 is 0 Å². The molecule has 0 bridgehead atoms. The molecular formula is C21H21F5N6O2. The molecule has 2 amide bonds. The Bertz CT molecular complexity index is 1240. The van der Waals surface area contributed by atoms with Crippen LogP contribution in [0.5, 0.6) is 0 Å². The van der Waals surface area contributed by atoms with Gasteiger partial charge < -0.3 is 16.0 Å². The molecule has 3 rings (SSSR count). The van der Waals surface area contributed by atoms with E-state index in [1.54, 1.807) is 6.92 Å². The highest BCUT2D eigenvalue weighted by Crippen LogP contribution is 2.44. The van der Waals surface area contributed by atoms with Crippen LogP contribution in [0.3, 0.4) is 0 Å². The summed E-state index contributed by atoms with van der Waals surface area (Å²) in [6.45, 7) is 4.56. The molecule has 0 saturated carbocycles. The summed E-state index contributed by atoms with van der Waals surface area (Å²) < 4.78 is 65.5. The molecule has 2 heterocycles. The molecule has 2 aromatic heterocycles. The number of nitrogens with two attached hydrogens (primary N) is 1. The number of likely N-dealkylation sites (N-methyl/N-ethyl adjacent to an activating group) is 1. The first kappa shape index (κ1) is 24.9. The zero-order valence-electron chi connectivity index (χ0n) is 18.3. The second-order valence-corrected chi connectivity index (χ2v) is 7.58. The van der Waals surface area contributed by atoms with Gasteiger partial charge in [0.25, 0.3) is 0 Å². The number of hydrogen-bond acceptors (Lipinski definition) is 5. The second-order valence-electron chi connectivity index (χ2n) is 7.58. The van der Waals surface area contributed by atoms with Crippen molar-refractivity contribution >= 4 is 34.2 Å². The average Bonchev–Trinajstić information content (AvgIpc) is 3.26. The number of aromatic amines is 1. The molecule has 0 aliphatic heterocycles. The smallest absolute Gasteiger partial charge is 0.383 e. The molecule has 0 unspecified atom stereocenters. The van der Waals surface area contributed by atoms with E-state index in [9.17, 15) is 31.5 Å². The van der Waals surface area contributed by atoms with Gasteiger partial charge in [0.05, 0.1) is 35.0 Å². The Morgan fingerprint density at radius 2 is 1.88 bits per heavy atom. The number of rotatable bonds is 5. The van der Waals surface area contributed by atoms with Crippen LogP contribution in [0.25, 0.3) is 10.9 Å². The Morgan fingerprint density at radius 3 is 2.47 bits per heavy atom. The van der Waals surface area contributed by atoms with Crippen LogP contribution in [0.2, 0.25) is 0 Å². The van der Waals surface area contributed by atoms with Crippen molar-refractivity contribution in [2.45, 2.75) is 38.9 Å². The quantitative estimate of drug-likeness (QED) is 0.373. The van der Waals surface area contributed by atoms with Crippen molar-refractivity contribution in [2.75, 3.05) is 17.6 Å². The van der Waals surface area contributed by atoms with Crippen molar-refractivity contribution in [3.63, 3.8) is 0 Å². The zero-order chi connectivity index (χ0) is 25.4. The highest BCUT2D eigenvalue weighted by atomic mass is 19.4. The first-order valence-electron chi connectivity index (χ1n) is 10.0. The van der Waals surface area contributed by atoms with Crippen LogP contribution >= 0.6 is 0 Å². The largest absolute Gasteiger partial charge is 0.458 e. The number of aromatic nitrogens is 3. The Balaban J connectivity index is 1.84. The first-order chi connectivity index (χ1) is 15.8. The lowest BCUT2D eigenvalue weighted by Gasteiger charge is -2.29. The molecule has 0 radical (unpaired) electrons. The summed E-state index contributed by atoms with van der Waals surface area (Å²) >= 11 is 0. The monoisotopic (exact) mass is 484 g/mol. The fourth-order valence-corrected chi connectivity index (χ4v) is 3.62. The summed E-state index contributed by atoms with van der Waals surface area (Å²) in [6, 6.07) is 1.70. The zero-order valence-corrected chi connectivity index (χ0v) is 18.3. The Morgan fingerprint density at radius 1 is 1.21 bits per heavy atom. The number of nitrogens with one attached hydrogen (secondary N) is 2. The average molecular weight is 484 g/mol. The predicted molar refractivity (Wildman–Crippen MR) is 114 cm³/mol. The van der Waals surface area contributed by atoms with Gasteiger partial charge >= 0.3 is 23.9 Å². The van der Waals surface area contributed by atoms with E-state index in [2.05, 4.69) is 20.5 Å². The second kappa shape index (κ2) is 8.88. The van der Waals surface area contributed by atoms with Crippen LogP contribution in [-0.2, 0) is 15.5 Å². The maximum absolute atomic E-state index is 13.7. The molecule has 182 valence electrons. The molecular weight excluding hydrogens is 463 g/mol. The number of benzene rings is 1. The molecule has 34 heavy (non-hydrogen) atoms. The number of nitrogens with zero attached hydrogens (tertiary/aromatic N) is 3. The number of anilines is 2. The van der Waals surface area contributed by atoms with E-state index in [1.165, 1.54) is 26.2 Å². The number of aryl methyl sites for hydroxylation is 1. The summed E-state index contributed by atoms with van der Waals surface area (Å²) in [5.41, 5.74) is 5.49. The van der Waals surface area contributed by atoms with Crippen LogP contribution in [-0.4, -0.2) is 44.6 Å². The SMILES string of the molecule is CCN(C(=O)C(=O)Nc1cnc(N)c2cn[nH]c12)[C@H](C)c1ccc(C(F)(F)C(F)(F)F)cc1C. The maximum atomic E-state index is 13.7. The minimum Gasteiger partial charge on any atom is -0.383 e. The van der Waals surface area contributed by atoms with E-state index in [0.717, 1.165) is 17.0 Å². The Labute approximate surface area is 190 Å².